The number of para-hydroxylation sites is 1. The zero-order valence-corrected chi connectivity index (χ0v) is 16.6. The fraction of sp³-hybridized carbons (Fsp3) is 0.333. The van der Waals surface area contributed by atoms with Gasteiger partial charge in [0.2, 0.25) is 0 Å². The Labute approximate surface area is 159 Å². The maximum atomic E-state index is 12.4. The molecule has 2 rings (SSSR count). The molecule has 138 valence electrons. The van der Waals surface area contributed by atoms with E-state index >= 15 is 0 Å². The number of nitrogens with one attached hydrogen (secondary N) is 1. The van der Waals surface area contributed by atoms with E-state index in [1.807, 2.05) is 63.2 Å². The Morgan fingerprint density at radius 1 is 0.962 bits per heavy atom. The molecule has 2 atom stereocenters. The number of benzene rings is 2. The Morgan fingerprint density at radius 2 is 1.54 bits per heavy atom. The lowest BCUT2D eigenvalue weighted by atomic mass is 10.1. The highest BCUT2D eigenvalue weighted by molar-refractivity contribution is 8.00. The molecule has 2 aromatic rings. The standard InChI is InChI=1S/C21H25NO3S/c1-13-9-11-18(12-10-13)26-17(5)21(24)25-16(4)20(23)22-19-14(2)7-6-8-15(19)3/h6-12,16-17H,1-5H3,(H,22,23)/t16-,17+/m1/s1. The van der Waals surface area contributed by atoms with Gasteiger partial charge in [-0.1, -0.05) is 35.9 Å². The number of carbonyl (C=O) groups is 2. The van der Waals surface area contributed by atoms with Crippen molar-refractivity contribution in [1.29, 1.82) is 0 Å². The first kappa shape index (κ1) is 20.0. The second-order valence-electron chi connectivity index (χ2n) is 6.41. The summed E-state index contributed by atoms with van der Waals surface area (Å²) in [5, 5.41) is 2.46. The average Bonchev–Trinajstić information content (AvgIpc) is 2.59. The minimum Gasteiger partial charge on any atom is -0.452 e. The molecule has 1 amide bonds. The van der Waals surface area contributed by atoms with E-state index < -0.39 is 17.3 Å². The van der Waals surface area contributed by atoms with E-state index in [9.17, 15) is 9.59 Å². The van der Waals surface area contributed by atoms with Crippen LogP contribution in [0.1, 0.15) is 30.5 Å². The molecular weight excluding hydrogens is 346 g/mol. The van der Waals surface area contributed by atoms with Crippen molar-refractivity contribution in [3.8, 4) is 0 Å². The number of ether oxygens (including phenoxy) is 1. The predicted octanol–water partition coefficient (Wildman–Crippen LogP) is 4.66. The van der Waals surface area contributed by atoms with Crippen molar-refractivity contribution in [1.82, 2.24) is 0 Å². The molecule has 0 saturated heterocycles. The van der Waals surface area contributed by atoms with Crippen LogP contribution in [0.25, 0.3) is 0 Å². The van der Waals surface area contributed by atoms with Crippen molar-refractivity contribution < 1.29 is 14.3 Å². The number of rotatable bonds is 6. The van der Waals surface area contributed by atoms with E-state index in [2.05, 4.69) is 5.32 Å². The summed E-state index contributed by atoms with van der Waals surface area (Å²) in [4.78, 5) is 25.7. The monoisotopic (exact) mass is 371 g/mol. The summed E-state index contributed by atoms with van der Waals surface area (Å²) in [6, 6.07) is 13.7. The number of anilines is 1. The number of carbonyl (C=O) groups excluding carboxylic acids is 2. The van der Waals surface area contributed by atoms with Crippen LogP contribution in [0.4, 0.5) is 5.69 Å². The van der Waals surface area contributed by atoms with Gasteiger partial charge in [-0.25, -0.2) is 0 Å². The Hall–Kier alpha value is -2.27. The Kier molecular flexibility index (Phi) is 6.86. The molecule has 0 spiro atoms. The van der Waals surface area contributed by atoms with Gasteiger partial charge in [0, 0.05) is 10.6 Å². The molecular formula is C21H25NO3S. The summed E-state index contributed by atoms with van der Waals surface area (Å²) in [6.45, 7) is 9.24. The first-order chi connectivity index (χ1) is 12.3. The van der Waals surface area contributed by atoms with Gasteiger partial charge >= 0.3 is 5.97 Å². The summed E-state index contributed by atoms with van der Waals surface area (Å²) in [5.41, 5.74) is 3.88. The topological polar surface area (TPSA) is 55.4 Å². The van der Waals surface area contributed by atoms with E-state index in [1.165, 1.54) is 17.3 Å². The molecule has 0 heterocycles. The van der Waals surface area contributed by atoms with Crippen molar-refractivity contribution in [2.24, 2.45) is 0 Å². The zero-order valence-electron chi connectivity index (χ0n) is 15.8. The molecule has 0 aromatic heterocycles. The number of hydrogen-bond donors (Lipinski definition) is 1. The van der Waals surface area contributed by atoms with Crippen molar-refractivity contribution in [2.75, 3.05) is 5.32 Å². The van der Waals surface area contributed by atoms with Gasteiger partial charge < -0.3 is 10.1 Å². The molecule has 26 heavy (non-hydrogen) atoms. The summed E-state index contributed by atoms with van der Waals surface area (Å²) >= 11 is 1.42. The first-order valence-corrected chi connectivity index (χ1v) is 9.46. The molecule has 4 nitrogen and oxygen atoms in total. The van der Waals surface area contributed by atoms with Gasteiger partial charge in [0.05, 0.1) is 0 Å². The van der Waals surface area contributed by atoms with Crippen LogP contribution in [0.3, 0.4) is 0 Å². The smallest absolute Gasteiger partial charge is 0.319 e. The highest BCUT2D eigenvalue weighted by atomic mass is 32.2. The number of thioether (sulfide) groups is 1. The SMILES string of the molecule is Cc1ccc(S[C@@H](C)C(=O)O[C@H](C)C(=O)Nc2c(C)cccc2C)cc1. The van der Waals surface area contributed by atoms with Gasteiger partial charge in [0.25, 0.3) is 5.91 Å². The normalized spacial score (nSPS) is 13.0. The molecule has 5 heteroatoms. The lowest BCUT2D eigenvalue weighted by Gasteiger charge is -2.18. The van der Waals surface area contributed by atoms with E-state index in [4.69, 9.17) is 4.74 Å². The van der Waals surface area contributed by atoms with Gasteiger partial charge in [-0.05, 0) is 57.9 Å². The van der Waals surface area contributed by atoms with Gasteiger partial charge in [0.1, 0.15) is 5.25 Å². The third kappa shape index (κ3) is 5.36. The quantitative estimate of drug-likeness (QED) is 0.592. The van der Waals surface area contributed by atoms with Gasteiger partial charge in [-0.15, -0.1) is 11.8 Å². The lowest BCUT2D eigenvalue weighted by Crippen LogP contribution is -2.32. The number of aryl methyl sites for hydroxylation is 3. The molecule has 0 bridgehead atoms. The molecule has 0 aliphatic rings. The van der Waals surface area contributed by atoms with Crippen molar-refractivity contribution in [3.05, 3.63) is 59.2 Å². The molecule has 0 aliphatic carbocycles. The van der Waals surface area contributed by atoms with Crippen LogP contribution in [0.5, 0.6) is 0 Å². The third-order valence-electron chi connectivity index (χ3n) is 4.06. The fourth-order valence-corrected chi connectivity index (χ4v) is 3.28. The molecule has 0 saturated carbocycles. The Morgan fingerprint density at radius 3 is 2.12 bits per heavy atom. The maximum absolute atomic E-state index is 12.4. The number of hydrogen-bond acceptors (Lipinski definition) is 4. The highest BCUT2D eigenvalue weighted by Crippen LogP contribution is 2.25. The summed E-state index contributed by atoms with van der Waals surface area (Å²) in [7, 11) is 0. The molecule has 0 fully saturated rings. The second kappa shape index (κ2) is 8.90. The van der Waals surface area contributed by atoms with Crippen LogP contribution in [0.15, 0.2) is 47.4 Å². The average molecular weight is 372 g/mol. The van der Waals surface area contributed by atoms with E-state index in [0.29, 0.717) is 0 Å². The van der Waals surface area contributed by atoms with Crippen LogP contribution in [0, 0.1) is 20.8 Å². The second-order valence-corrected chi connectivity index (χ2v) is 7.82. The molecule has 0 radical (unpaired) electrons. The first-order valence-electron chi connectivity index (χ1n) is 8.59. The zero-order chi connectivity index (χ0) is 19.3. The largest absolute Gasteiger partial charge is 0.452 e. The van der Waals surface area contributed by atoms with Crippen molar-refractivity contribution in [2.45, 2.75) is 50.9 Å². The molecule has 0 unspecified atom stereocenters. The van der Waals surface area contributed by atoms with E-state index in [0.717, 1.165) is 21.7 Å². The van der Waals surface area contributed by atoms with Crippen molar-refractivity contribution >= 4 is 29.3 Å². The van der Waals surface area contributed by atoms with Crippen LogP contribution in [0.2, 0.25) is 0 Å². The third-order valence-corrected chi connectivity index (χ3v) is 5.15. The molecule has 2 aromatic carbocycles. The lowest BCUT2D eigenvalue weighted by molar-refractivity contribution is -0.152. The minimum absolute atomic E-state index is 0.330. The fourth-order valence-electron chi connectivity index (χ4n) is 2.43. The van der Waals surface area contributed by atoms with E-state index in [-0.39, 0.29) is 5.91 Å². The number of esters is 1. The van der Waals surface area contributed by atoms with Gasteiger partial charge in [-0.3, -0.25) is 9.59 Å². The Balaban J connectivity index is 1.93. The van der Waals surface area contributed by atoms with Gasteiger partial charge in [0.15, 0.2) is 6.10 Å². The van der Waals surface area contributed by atoms with Crippen LogP contribution in [-0.4, -0.2) is 23.2 Å². The minimum atomic E-state index is -0.859. The Bertz CT molecular complexity index is 766. The number of amides is 1. The summed E-state index contributed by atoms with van der Waals surface area (Å²) in [6.07, 6.45) is -0.859. The maximum Gasteiger partial charge on any atom is 0.319 e. The summed E-state index contributed by atoms with van der Waals surface area (Å²) in [5.74, 6) is -0.733. The van der Waals surface area contributed by atoms with Gasteiger partial charge in [-0.2, -0.15) is 0 Å². The van der Waals surface area contributed by atoms with E-state index in [1.54, 1.807) is 13.8 Å². The van der Waals surface area contributed by atoms with Crippen LogP contribution in [-0.2, 0) is 14.3 Å². The summed E-state index contributed by atoms with van der Waals surface area (Å²) < 4.78 is 5.35. The van der Waals surface area contributed by atoms with Crippen LogP contribution >= 0.6 is 11.8 Å². The van der Waals surface area contributed by atoms with Crippen molar-refractivity contribution in [3.63, 3.8) is 0 Å². The highest BCUT2D eigenvalue weighted by Gasteiger charge is 2.23. The predicted molar refractivity (Wildman–Crippen MR) is 107 cm³/mol. The van der Waals surface area contributed by atoms with Crippen LogP contribution < -0.4 is 5.32 Å². The molecule has 1 N–H and O–H groups in total. The molecule has 0 aliphatic heterocycles.